The summed E-state index contributed by atoms with van der Waals surface area (Å²) in [5, 5.41) is 26.9. The standard InChI is InChI=1S/C23H28N6OS/c1-5-14-29-21(18-8-10-19(11-9-18)23(2,3)4)26-27-22(29)31-17-20(30)28(15-6-12-24)16-7-13-25/h5,8-11H,1,6-7,14-17H2,2-4H3. The van der Waals surface area contributed by atoms with Crippen molar-refractivity contribution >= 4 is 17.7 Å². The van der Waals surface area contributed by atoms with Gasteiger partial charge in [0.05, 0.1) is 30.7 Å². The topological polar surface area (TPSA) is 98.6 Å². The van der Waals surface area contributed by atoms with E-state index in [1.54, 1.807) is 11.0 Å². The van der Waals surface area contributed by atoms with Crippen LogP contribution >= 0.6 is 11.8 Å². The van der Waals surface area contributed by atoms with E-state index in [-0.39, 0.29) is 29.9 Å². The van der Waals surface area contributed by atoms with Crippen molar-refractivity contribution < 1.29 is 4.79 Å². The summed E-state index contributed by atoms with van der Waals surface area (Å²) >= 11 is 1.30. The summed E-state index contributed by atoms with van der Waals surface area (Å²) in [6, 6.07) is 12.4. The van der Waals surface area contributed by atoms with Crippen LogP contribution in [0.5, 0.6) is 0 Å². The van der Waals surface area contributed by atoms with E-state index in [1.807, 2.05) is 28.8 Å². The largest absolute Gasteiger partial charge is 0.340 e. The summed E-state index contributed by atoms with van der Waals surface area (Å²) in [6.45, 7) is 11.5. The molecular formula is C23H28N6OS. The molecule has 0 aliphatic rings. The first kappa shape index (κ1) is 24.2. The van der Waals surface area contributed by atoms with Crippen LogP contribution in [0.2, 0.25) is 0 Å². The molecule has 1 aromatic carbocycles. The number of nitrogens with zero attached hydrogens (tertiary/aromatic N) is 6. The molecule has 0 unspecified atom stereocenters. The highest BCUT2D eigenvalue weighted by molar-refractivity contribution is 7.99. The van der Waals surface area contributed by atoms with Crippen molar-refractivity contribution in [2.75, 3.05) is 18.8 Å². The van der Waals surface area contributed by atoms with E-state index in [4.69, 9.17) is 10.5 Å². The summed E-state index contributed by atoms with van der Waals surface area (Å²) in [4.78, 5) is 14.2. The second-order valence-corrected chi connectivity index (χ2v) is 8.96. The van der Waals surface area contributed by atoms with Crippen LogP contribution in [-0.4, -0.2) is 44.4 Å². The molecule has 162 valence electrons. The molecule has 1 heterocycles. The lowest BCUT2D eigenvalue weighted by atomic mass is 9.87. The molecule has 0 bridgehead atoms. The molecule has 2 rings (SSSR count). The van der Waals surface area contributed by atoms with Gasteiger partial charge in [0.25, 0.3) is 0 Å². The van der Waals surface area contributed by atoms with Crippen molar-refractivity contribution in [3.8, 4) is 23.5 Å². The van der Waals surface area contributed by atoms with Gasteiger partial charge in [-0.05, 0) is 11.0 Å². The molecule has 1 aromatic heterocycles. The lowest BCUT2D eigenvalue weighted by molar-refractivity contribution is -0.128. The maximum atomic E-state index is 12.6. The lowest BCUT2D eigenvalue weighted by Gasteiger charge is -2.20. The molecule has 0 saturated carbocycles. The second-order valence-electron chi connectivity index (χ2n) is 8.02. The highest BCUT2D eigenvalue weighted by Crippen LogP contribution is 2.28. The summed E-state index contributed by atoms with van der Waals surface area (Å²) < 4.78 is 1.94. The fourth-order valence-corrected chi connectivity index (χ4v) is 3.82. The number of benzene rings is 1. The van der Waals surface area contributed by atoms with Crippen LogP contribution in [-0.2, 0) is 16.8 Å². The monoisotopic (exact) mass is 436 g/mol. The molecule has 31 heavy (non-hydrogen) atoms. The Morgan fingerprint density at radius 2 is 1.77 bits per heavy atom. The van der Waals surface area contributed by atoms with Crippen molar-refractivity contribution in [2.45, 2.75) is 50.7 Å². The third-order valence-corrected chi connectivity index (χ3v) is 5.65. The van der Waals surface area contributed by atoms with Crippen molar-refractivity contribution in [1.29, 1.82) is 10.5 Å². The smallest absolute Gasteiger partial charge is 0.233 e. The summed E-state index contributed by atoms with van der Waals surface area (Å²) in [5.41, 5.74) is 2.25. The average molecular weight is 437 g/mol. The van der Waals surface area contributed by atoms with Crippen molar-refractivity contribution in [3.05, 3.63) is 42.5 Å². The zero-order valence-corrected chi connectivity index (χ0v) is 19.2. The molecule has 7 nitrogen and oxygen atoms in total. The van der Waals surface area contributed by atoms with E-state index in [0.29, 0.717) is 24.8 Å². The van der Waals surface area contributed by atoms with Gasteiger partial charge < -0.3 is 4.90 Å². The quantitative estimate of drug-likeness (QED) is 0.409. The molecule has 0 aliphatic carbocycles. The molecule has 0 fully saturated rings. The molecular weight excluding hydrogens is 408 g/mol. The van der Waals surface area contributed by atoms with Gasteiger partial charge in [0.15, 0.2) is 11.0 Å². The van der Waals surface area contributed by atoms with E-state index in [2.05, 4.69) is 49.7 Å². The highest BCUT2D eigenvalue weighted by atomic mass is 32.2. The van der Waals surface area contributed by atoms with Gasteiger partial charge in [-0.1, -0.05) is 62.9 Å². The van der Waals surface area contributed by atoms with E-state index in [1.165, 1.54) is 17.3 Å². The van der Waals surface area contributed by atoms with Gasteiger partial charge in [0.2, 0.25) is 5.91 Å². The Morgan fingerprint density at radius 1 is 1.16 bits per heavy atom. The van der Waals surface area contributed by atoms with Crippen LogP contribution in [0.25, 0.3) is 11.4 Å². The second kappa shape index (κ2) is 11.3. The van der Waals surface area contributed by atoms with E-state index in [9.17, 15) is 4.79 Å². The average Bonchev–Trinajstić information content (AvgIpc) is 3.14. The number of thioether (sulfide) groups is 1. The van der Waals surface area contributed by atoms with E-state index in [0.717, 1.165) is 11.4 Å². The van der Waals surface area contributed by atoms with Crippen LogP contribution in [0.4, 0.5) is 0 Å². The predicted octanol–water partition coefficient (Wildman–Crippen LogP) is 4.18. The maximum Gasteiger partial charge on any atom is 0.233 e. The number of carbonyl (C=O) groups is 1. The Bertz CT molecular complexity index is 957. The maximum absolute atomic E-state index is 12.6. The highest BCUT2D eigenvalue weighted by Gasteiger charge is 2.19. The van der Waals surface area contributed by atoms with Crippen molar-refractivity contribution in [3.63, 3.8) is 0 Å². The van der Waals surface area contributed by atoms with Gasteiger partial charge in [-0.25, -0.2) is 0 Å². The van der Waals surface area contributed by atoms with E-state index >= 15 is 0 Å². The Hall–Kier alpha value is -3.10. The van der Waals surface area contributed by atoms with Crippen LogP contribution in [0.3, 0.4) is 0 Å². The number of nitriles is 2. The molecule has 0 atom stereocenters. The fourth-order valence-electron chi connectivity index (χ4n) is 2.97. The molecule has 0 saturated heterocycles. The number of allylic oxidation sites excluding steroid dienone is 1. The lowest BCUT2D eigenvalue weighted by Crippen LogP contribution is -2.34. The molecule has 1 amide bonds. The molecule has 2 aromatic rings. The van der Waals surface area contributed by atoms with E-state index < -0.39 is 0 Å². The van der Waals surface area contributed by atoms with Crippen LogP contribution in [0.1, 0.15) is 39.2 Å². The number of hydrogen-bond donors (Lipinski definition) is 0. The fraction of sp³-hybridized carbons (Fsp3) is 0.435. The number of aromatic nitrogens is 3. The van der Waals surface area contributed by atoms with Crippen LogP contribution in [0, 0.1) is 22.7 Å². The normalized spacial score (nSPS) is 10.9. The van der Waals surface area contributed by atoms with Gasteiger partial charge in [0.1, 0.15) is 0 Å². The van der Waals surface area contributed by atoms with Gasteiger partial charge in [-0.3, -0.25) is 9.36 Å². The molecule has 0 radical (unpaired) electrons. The third-order valence-electron chi connectivity index (χ3n) is 4.70. The Labute approximate surface area is 188 Å². The first-order chi connectivity index (χ1) is 14.8. The third kappa shape index (κ3) is 6.70. The zero-order valence-electron chi connectivity index (χ0n) is 18.3. The summed E-state index contributed by atoms with van der Waals surface area (Å²) in [5.74, 6) is 0.760. The summed E-state index contributed by atoms with van der Waals surface area (Å²) in [7, 11) is 0. The minimum absolute atomic E-state index is 0.0671. The van der Waals surface area contributed by atoms with Crippen LogP contribution in [0.15, 0.2) is 42.1 Å². The Kier molecular flexibility index (Phi) is 8.84. The Balaban J connectivity index is 2.18. The summed E-state index contributed by atoms with van der Waals surface area (Å²) in [6.07, 6.45) is 2.25. The first-order valence-electron chi connectivity index (χ1n) is 10.1. The van der Waals surface area contributed by atoms with Crippen molar-refractivity contribution in [2.24, 2.45) is 0 Å². The molecule has 0 N–H and O–H groups in total. The molecule has 8 heteroatoms. The number of hydrogen-bond acceptors (Lipinski definition) is 6. The van der Waals surface area contributed by atoms with Gasteiger partial charge in [-0.2, -0.15) is 10.5 Å². The zero-order chi connectivity index (χ0) is 22.9. The molecule has 0 aliphatic heterocycles. The van der Waals surface area contributed by atoms with Gasteiger partial charge in [0, 0.05) is 25.2 Å². The minimum atomic E-state index is -0.125. The van der Waals surface area contributed by atoms with Crippen molar-refractivity contribution in [1.82, 2.24) is 19.7 Å². The van der Waals surface area contributed by atoms with Gasteiger partial charge >= 0.3 is 0 Å². The predicted molar refractivity (Wildman–Crippen MR) is 122 cm³/mol. The SMILES string of the molecule is C=CCn1c(SCC(=O)N(CCC#N)CCC#N)nnc1-c1ccc(C(C)(C)C)cc1. The minimum Gasteiger partial charge on any atom is -0.340 e. The number of amides is 1. The van der Waals surface area contributed by atoms with Crippen LogP contribution < -0.4 is 0 Å². The van der Waals surface area contributed by atoms with Gasteiger partial charge in [-0.15, -0.1) is 16.8 Å². The molecule has 0 spiro atoms. The number of rotatable bonds is 10. The Morgan fingerprint density at radius 3 is 2.29 bits per heavy atom. The number of carbonyl (C=O) groups excluding carboxylic acids is 1. The first-order valence-corrected chi connectivity index (χ1v) is 11.1.